The highest BCUT2D eigenvalue weighted by atomic mass is 35.5. The Kier molecular flexibility index (Phi) is 9.64. The summed E-state index contributed by atoms with van der Waals surface area (Å²) >= 11 is 2.69. The minimum absolute atomic E-state index is 0. The highest BCUT2D eigenvalue weighted by Crippen LogP contribution is 1.95. The third-order valence-electron chi connectivity index (χ3n) is 1.08. The average Bonchev–Trinajstić information content (AvgIpc) is 1.90. The first-order chi connectivity index (χ1) is 3.93. The molecule has 0 spiro atoms. The third kappa shape index (κ3) is 4.20. The Labute approximate surface area is 82.3 Å². The summed E-state index contributed by atoms with van der Waals surface area (Å²) in [7, 11) is 0. The topological polar surface area (TPSA) is 0 Å². The van der Waals surface area contributed by atoms with E-state index in [0.717, 1.165) is 5.28 Å². The van der Waals surface area contributed by atoms with Gasteiger partial charge in [0, 0.05) is 0 Å². The molecule has 0 saturated heterocycles. The van der Waals surface area contributed by atoms with E-state index in [9.17, 15) is 0 Å². The molecular weight excluding hydrogens is 182 g/mol. The molecule has 1 rings (SSSR count). The highest BCUT2D eigenvalue weighted by Gasteiger charge is 1.79. The Morgan fingerprint density at radius 3 is 1.80 bits per heavy atom. The zero-order chi connectivity index (χ0) is 5.82. The standard InChI is InChI=1S/C7H7.Al.2ClH/c1-7-5-3-2-4-6-7;;;/h2-6H,1H2;;2*1H. The summed E-state index contributed by atoms with van der Waals surface area (Å²) in [6.45, 7) is 0. The molecule has 0 aliphatic heterocycles. The van der Waals surface area contributed by atoms with E-state index in [1.54, 1.807) is 0 Å². The van der Waals surface area contributed by atoms with Gasteiger partial charge in [-0.05, 0) is 0 Å². The molecule has 0 amide bonds. The monoisotopic (exact) mass is 190 g/mol. The first-order valence-corrected chi connectivity index (χ1v) is 3.49. The van der Waals surface area contributed by atoms with Gasteiger partial charge in [-0.15, -0.1) is 24.8 Å². The molecule has 0 N–H and O–H groups in total. The van der Waals surface area contributed by atoms with Crippen LogP contribution in [0, 0.1) is 0 Å². The second-order valence-electron chi connectivity index (χ2n) is 1.69. The summed E-state index contributed by atoms with van der Waals surface area (Å²) in [5.74, 6) is 0. The number of hydrogen-bond acceptors (Lipinski definition) is 0. The van der Waals surface area contributed by atoms with Crippen molar-refractivity contribution >= 4 is 41.1 Å². The lowest BCUT2D eigenvalue weighted by Crippen LogP contribution is -1.78. The Hall–Kier alpha value is 0.332. The maximum Gasteiger partial charge on any atom is 0.125 e. The van der Waals surface area contributed by atoms with Gasteiger partial charge in [0.2, 0.25) is 0 Å². The fourth-order valence-corrected chi connectivity index (χ4v) is 0.886. The predicted molar refractivity (Wildman–Crippen MR) is 50.4 cm³/mol. The summed E-state index contributed by atoms with van der Waals surface area (Å²) < 4.78 is 0. The molecule has 0 aliphatic carbocycles. The zero-order valence-corrected chi connectivity index (χ0v) is 8.28. The quantitative estimate of drug-likeness (QED) is 0.597. The summed E-state index contributed by atoms with van der Waals surface area (Å²) in [4.78, 5) is 0. The van der Waals surface area contributed by atoms with Gasteiger partial charge in [-0.3, -0.25) is 0 Å². The Bertz CT molecular complexity index is 153. The van der Waals surface area contributed by atoms with Crippen molar-refractivity contribution in [2.45, 2.75) is 5.28 Å². The molecule has 0 aliphatic rings. The molecule has 0 heterocycles. The van der Waals surface area contributed by atoms with E-state index >= 15 is 0 Å². The van der Waals surface area contributed by atoms with Crippen molar-refractivity contribution in [3.8, 4) is 0 Å². The highest BCUT2D eigenvalue weighted by molar-refractivity contribution is 6.08. The normalized spacial score (nSPS) is 7.20. The Morgan fingerprint density at radius 2 is 1.50 bits per heavy atom. The maximum absolute atomic E-state index is 2.69. The van der Waals surface area contributed by atoms with Crippen LogP contribution in [0.25, 0.3) is 0 Å². The van der Waals surface area contributed by atoms with Gasteiger partial charge in [-0.2, -0.15) is 0 Å². The van der Waals surface area contributed by atoms with Crippen LogP contribution in [0.5, 0.6) is 0 Å². The molecular formula is C7H9AlCl2. The van der Waals surface area contributed by atoms with Crippen molar-refractivity contribution in [3.63, 3.8) is 0 Å². The molecule has 0 saturated carbocycles. The summed E-state index contributed by atoms with van der Waals surface area (Å²) in [6, 6.07) is 10.4. The van der Waals surface area contributed by atoms with Crippen LogP contribution in [0.1, 0.15) is 5.56 Å². The molecule has 0 bridgehead atoms. The Morgan fingerprint density at radius 1 is 1.00 bits per heavy atom. The Balaban J connectivity index is 0. The largest absolute Gasteiger partial charge is 0.147 e. The molecule has 1 aromatic rings. The molecule has 0 unspecified atom stereocenters. The second-order valence-corrected chi connectivity index (χ2v) is 2.10. The van der Waals surface area contributed by atoms with E-state index in [4.69, 9.17) is 0 Å². The molecule has 0 fully saturated rings. The van der Waals surface area contributed by atoms with Crippen LogP contribution in [0.3, 0.4) is 0 Å². The molecule has 10 heavy (non-hydrogen) atoms. The van der Waals surface area contributed by atoms with E-state index in [1.165, 1.54) is 5.56 Å². The fourth-order valence-electron chi connectivity index (χ4n) is 0.614. The van der Waals surface area contributed by atoms with Crippen molar-refractivity contribution in [1.29, 1.82) is 0 Å². The van der Waals surface area contributed by atoms with Crippen LogP contribution in [0.15, 0.2) is 30.3 Å². The summed E-state index contributed by atoms with van der Waals surface area (Å²) in [6.07, 6.45) is 0. The maximum atomic E-state index is 2.69. The van der Waals surface area contributed by atoms with Gasteiger partial charge >= 0.3 is 0 Å². The van der Waals surface area contributed by atoms with Gasteiger partial charge in [0.25, 0.3) is 0 Å². The summed E-state index contributed by atoms with van der Waals surface area (Å²) in [5, 5.41) is 1.06. The van der Waals surface area contributed by atoms with Crippen LogP contribution in [-0.2, 0) is 5.28 Å². The first-order valence-electron chi connectivity index (χ1n) is 2.67. The van der Waals surface area contributed by atoms with Crippen LogP contribution in [0.4, 0.5) is 0 Å². The third-order valence-corrected chi connectivity index (χ3v) is 1.55. The molecule has 0 atom stereocenters. The van der Waals surface area contributed by atoms with Gasteiger partial charge in [0.1, 0.15) is 16.3 Å². The van der Waals surface area contributed by atoms with Crippen molar-refractivity contribution in [3.05, 3.63) is 35.9 Å². The van der Waals surface area contributed by atoms with Crippen molar-refractivity contribution in [2.75, 3.05) is 0 Å². The predicted octanol–water partition coefficient (Wildman–Crippen LogP) is 2.20. The molecule has 54 valence electrons. The number of hydrogen-bond donors (Lipinski definition) is 0. The van der Waals surface area contributed by atoms with Crippen molar-refractivity contribution < 1.29 is 0 Å². The van der Waals surface area contributed by atoms with E-state index in [-0.39, 0.29) is 24.8 Å². The number of halogens is 2. The molecule has 1 aromatic carbocycles. The minimum Gasteiger partial charge on any atom is -0.147 e. The molecule has 0 aromatic heterocycles. The fraction of sp³-hybridized carbons (Fsp3) is 0.143. The SMILES string of the molecule is Cl.Cl.[Al][CH2]c1ccccc1. The van der Waals surface area contributed by atoms with Crippen LogP contribution >= 0.6 is 24.8 Å². The van der Waals surface area contributed by atoms with E-state index in [0.29, 0.717) is 0 Å². The number of rotatable bonds is 1. The molecule has 0 nitrogen and oxygen atoms in total. The van der Waals surface area contributed by atoms with Crippen molar-refractivity contribution in [1.82, 2.24) is 0 Å². The van der Waals surface area contributed by atoms with Crippen LogP contribution < -0.4 is 0 Å². The molecule has 2 radical (unpaired) electrons. The lowest BCUT2D eigenvalue weighted by molar-refractivity contribution is 1.40. The second kappa shape index (κ2) is 7.44. The van der Waals surface area contributed by atoms with Crippen LogP contribution in [-0.4, -0.2) is 16.3 Å². The van der Waals surface area contributed by atoms with E-state index in [2.05, 4.69) is 40.6 Å². The lowest BCUT2D eigenvalue weighted by atomic mass is 10.2. The van der Waals surface area contributed by atoms with Gasteiger partial charge < -0.3 is 0 Å². The van der Waals surface area contributed by atoms with Gasteiger partial charge in [-0.1, -0.05) is 41.2 Å². The van der Waals surface area contributed by atoms with Crippen molar-refractivity contribution in [2.24, 2.45) is 0 Å². The smallest absolute Gasteiger partial charge is 0.125 e. The number of benzene rings is 1. The lowest BCUT2D eigenvalue weighted by Gasteiger charge is -1.90. The van der Waals surface area contributed by atoms with Gasteiger partial charge in [0.05, 0.1) is 0 Å². The van der Waals surface area contributed by atoms with Gasteiger partial charge in [-0.25, -0.2) is 0 Å². The van der Waals surface area contributed by atoms with E-state index in [1.807, 2.05) is 6.07 Å². The van der Waals surface area contributed by atoms with Gasteiger partial charge in [0.15, 0.2) is 0 Å². The molecule has 3 heteroatoms. The van der Waals surface area contributed by atoms with E-state index < -0.39 is 0 Å². The van der Waals surface area contributed by atoms with Crippen LogP contribution in [0.2, 0.25) is 0 Å². The minimum atomic E-state index is 0. The zero-order valence-electron chi connectivity index (χ0n) is 5.49. The summed E-state index contributed by atoms with van der Waals surface area (Å²) in [5.41, 5.74) is 1.37. The first kappa shape index (κ1) is 13.0. The average molecular weight is 191 g/mol.